The first-order chi connectivity index (χ1) is 9.37. The van der Waals surface area contributed by atoms with Gasteiger partial charge < -0.3 is 4.74 Å². The van der Waals surface area contributed by atoms with Gasteiger partial charge in [0.15, 0.2) is 0 Å². The number of unbranched alkanes of at least 4 members (excludes halogenated alkanes) is 1. The maximum absolute atomic E-state index is 5.77. The van der Waals surface area contributed by atoms with Crippen LogP contribution in [0.1, 0.15) is 38.2 Å². The van der Waals surface area contributed by atoms with Crippen LogP contribution in [0.3, 0.4) is 0 Å². The van der Waals surface area contributed by atoms with Crippen molar-refractivity contribution in [2.24, 2.45) is 0 Å². The van der Waals surface area contributed by atoms with Gasteiger partial charge in [-0.05, 0) is 24.8 Å². The first-order valence-electron chi connectivity index (χ1n) is 7.35. The summed E-state index contributed by atoms with van der Waals surface area (Å²) in [6.07, 6.45) is 13.4. The SMILES string of the molecule is CCCCOCCC1(c2ccccc2)C=CC=CC1. The lowest BCUT2D eigenvalue weighted by atomic mass is 9.73. The van der Waals surface area contributed by atoms with Crippen molar-refractivity contribution in [3.05, 3.63) is 60.2 Å². The van der Waals surface area contributed by atoms with E-state index >= 15 is 0 Å². The molecule has 0 saturated heterocycles. The van der Waals surface area contributed by atoms with Crippen LogP contribution < -0.4 is 0 Å². The second-order valence-electron chi connectivity index (χ2n) is 5.23. The van der Waals surface area contributed by atoms with E-state index in [1.165, 1.54) is 12.0 Å². The van der Waals surface area contributed by atoms with Gasteiger partial charge in [0.1, 0.15) is 0 Å². The van der Waals surface area contributed by atoms with Crippen LogP contribution in [0.4, 0.5) is 0 Å². The second kappa shape index (κ2) is 7.30. The molecule has 19 heavy (non-hydrogen) atoms. The lowest BCUT2D eigenvalue weighted by Gasteiger charge is -2.32. The van der Waals surface area contributed by atoms with E-state index in [0.717, 1.165) is 32.5 Å². The van der Waals surface area contributed by atoms with Gasteiger partial charge in [0.2, 0.25) is 0 Å². The highest BCUT2D eigenvalue weighted by atomic mass is 16.5. The molecule has 1 nitrogen and oxygen atoms in total. The molecule has 0 heterocycles. The molecule has 1 heteroatoms. The van der Waals surface area contributed by atoms with E-state index in [-0.39, 0.29) is 5.41 Å². The van der Waals surface area contributed by atoms with Crippen LogP contribution in [0.25, 0.3) is 0 Å². The monoisotopic (exact) mass is 256 g/mol. The molecule has 102 valence electrons. The van der Waals surface area contributed by atoms with Crippen molar-refractivity contribution in [1.29, 1.82) is 0 Å². The molecule has 0 saturated carbocycles. The number of rotatable bonds is 7. The number of allylic oxidation sites excluding steroid dienone is 4. The van der Waals surface area contributed by atoms with Gasteiger partial charge in [0.05, 0.1) is 0 Å². The fourth-order valence-corrected chi connectivity index (χ4v) is 2.58. The fourth-order valence-electron chi connectivity index (χ4n) is 2.58. The molecule has 1 aromatic rings. The van der Waals surface area contributed by atoms with Crippen LogP contribution in [0.2, 0.25) is 0 Å². The minimum atomic E-state index is 0.127. The Labute approximate surface area is 117 Å². The van der Waals surface area contributed by atoms with Gasteiger partial charge in [0, 0.05) is 18.6 Å². The minimum absolute atomic E-state index is 0.127. The normalized spacial score (nSPS) is 21.7. The average molecular weight is 256 g/mol. The Morgan fingerprint density at radius 1 is 1.11 bits per heavy atom. The maximum atomic E-state index is 5.77. The molecule has 0 aromatic heterocycles. The van der Waals surface area contributed by atoms with Crippen molar-refractivity contribution in [2.45, 2.75) is 38.0 Å². The Hall–Kier alpha value is -1.34. The summed E-state index contributed by atoms with van der Waals surface area (Å²) in [5.41, 5.74) is 1.53. The van der Waals surface area contributed by atoms with Crippen molar-refractivity contribution >= 4 is 0 Å². The van der Waals surface area contributed by atoms with E-state index in [4.69, 9.17) is 4.74 Å². The molecule has 1 atom stereocenters. The Morgan fingerprint density at radius 2 is 1.95 bits per heavy atom. The summed E-state index contributed by atoms with van der Waals surface area (Å²) >= 11 is 0. The fraction of sp³-hybridized carbons (Fsp3) is 0.444. The van der Waals surface area contributed by atoms with Crippen LogP contribution in [0.5, 0.6) is 0 Å². The third-order valence-corrected chi connectivity index (χ3v) is 3.83. The van der Waals surface area contributed by atoms with Gasteiger partial charge in [-0.15, -0.1) is 0 Å². The van der Waals surface area contributed by atoms with E-state index in [2.05, 4.69) is 61.6 Å². The zero-order valence-electron chi connectivity index (χ0n) is 11.8. The molecule has 0 fully saturated rings. The first kappa shape index (κ1) is 14.1. The summed E-state index contributed by atoms with van der Waals surface area (Å²) in [4.78, 5) is 0. The Kier molecular flexibility index (Phi) is 5.41. The maximum Gasteiger partial charge on any atom is 0.0477 e. The Balaban J connectivity index is 2.00. The van der Waals surface area contributed by atoms with Crippen LogP contribution in [0, 0.1) is 0 Å². The van der Waals surface area contributed by atoms with Gasteiger partial charge in [-0.3, -0.25) is 0 Å². The second-order valence-corrected chi connectivity index (χ2v) is 5.23. The van der Waals surface area contributed by atoms with Crippen LogP contribution in [0.15, 0.2) is 54.6 Å². The van der Waals surface area contributed by atoms with E-state index in [9.17, 15) is 0 Å². The molecule has 2 rings (SSSR count). The van der Waals surface area contributed by atoms with Crippen LogP contribution in [-0.4, -0.2) is 13.2 Å². The lowest BCUT2D eigenvalue weighted by molar-refractivity contribution is 0.117. The first-order valence-corrected chi connectivity index (χ1v) is 7.35. The highest BCUT2D eigenvalue weighted by Crippen LogP contribution is 2.35. The van der Waals surface area contributed by atoms with E-state index < -0.39 is 0 Å². The molecule has 1 aliphatic carbocycles. The molecule has 0 amide bonds. The van der Waals surface area contributed by atoms with Crippen LogP contribution >= 0.6 is 0 Å². The molecule has 0 N–H and O–H groups in total. The zero-order valence-corrected chi connectivity index (χ0v) is 11.8. The number of hydrogen-bond acceptors (Lipinski definition) is 1. The standard InChI is InChI=1S/C18H24O/c1-2-3-15-19-16-14-18(12-8-5-9-13-18)17-10-6-4-7-11-17/h4-12H,2-3,13-16H2,1H3. The smallest absolute Gasteiger partial charge is 0.0477 e. The van der Waals surface area contributed by atoms with Gasteiger partial charge in [-0.1, -0.05) is 68.0 Å². The number of benzene rings is 1. The van der Waals surface area contributed by atoms with Crippen molar-refractivity contribution in [3.63, 3.8) is 0 Å². The molecule has 0 spiro atoms. The third-order valence-electron chi connectivity index (χ3n) is 3.83. The molecule has 0 radical (unpaired) electrons. The summed E-state index contributed by atoms with van der Waals surface area (Å²) in [6, 6.07) is 10.8. The highest BCUT2D eigenvalue weighted by molar-refractivity contribution is 5.35. The molecule has 0 aliphatic heterocycles. The zero-order chi connectivity index (χ0) is 13.4. The highest BCUT2D eigenvalue weighted by Gasteiger charge is 2.28. The van der Waals surface area contributed by atoms with Crippen molar-refractivity contribution in [3.8, 4) is 0 Å². The summed E-state index contributed by atoms with van der Waals surface area (Å²) < 4.78 is 5.77. The number of hydrogen-bond donors (Lipinski definition) is 0. The topological polar surface area (TPSA) is 9.23 Å². The third kappa shape index (κ3) is 3.81. The predicted octanol–water partition coefficient (Wildman–Crippen LogP) is 4.65. The quantitative estimate of drug-likeness (QED) is 0.645. The summed E-state index contributed by atoms with van der Waals surface area (Å²) in [6.45, 7) is 3.93. The molecular weight excluding hydrogens is 232 g/mol. The van der Waals surface area contributed by atoms with Gasteiger partial charge >= 0.3 is 0 Å². The average Bonchev–Trinajstić information content (AvgIpc) is 2.49. The van der Waals surface area contributed by atoms with Crippen molar-refractivity contribution in [1.82, 2.24) is 0 Å². The van der Waals surface area contributed by atoms with Gasteiger partial charge in [-0.2, -0.15) is 0 Å². The molecule has 0 bridgehead atoms. The van der Waals surface area contributed by atoms with Crippen molar-refractivity contribution in [2.75, 3.05) is 13.2 Å². The molecular formula is C18H24O. The summed E-state index contributed by atoms with van der Waals surface area (Å²) in [5, 5.41) is 0. The minimum Gasteiger partial charge on any atom is -0.381 e. The lowest BCUT2D eigenvalue weighted by Crippen LogP contribution is -2.26. The van der Waals surface area contributed by atoms with E-state index in [1.54, 1.807) is 0 Å². The van der Waals surface area contributed by atoms with E-state index in [1.807, 2.05) is 0 Å². The molecule has 1 aliphatic rings. The summed E-state index contributed by atoms with van der Waals surface area (Å²) in [7, 11) is 0. The van der Waals surface area contributed by atoms with Gasteiger partial charge in [-0.25, -0.2) is 0 Å². The largest absolute Gasteiger partial charge is 0.381 e. The Bertz CT molecular complexity index is 419. The van der Waals surface area contributed by atoms with Crippen LogP contribution in [-0.2, 0) is 10.2 Å². The summed E-state index contributed by atoms with van der Waals surface area (Å²) in [5.74, 6) is 0. The molecule has 1 aromatic carbocycles. The molecule has 1 unspecified atom stereocenters. The van der Waals surface area contributed by atoms with Crippen molar-refractivity contribution < 1.29 is 4.74 Å². The number of ether oxygens (including phenoxy) is 1. The van der Waals surface area contributed by atoms with E-state index in [0.29, 0.717) is 0 Å². The predicted molar refractivity (Wildman–Crippen MR) is 81.4 cm³/mol. The Morgan fingerprint density at radius 3 is 2.63 bits per heavy atom. The van der Waals surface area contributed by atoms with Gasteiger partial charge in [0.25, 0.3) is 0 Å².